The second kappa shape index (κ2) is 8.33. The van der Waals surface area contributed by atoms with Gasteiger partial charge in [-0.3, -0.25) is 9.59 Å². The SMILES string of the molecule is CCC(=O)Nc1cccc(NC(=O)C(C)Oc2cccc(C)c2)c1C. The van der Waals surface area contributed by atoms with Gasteiger partial charge < -0.3 is 15.4 Å². The van der Waals surface area contributed by atoms with Crippen molar-refractivity contribution in [3.8, 4) is 5.75 Å². The quantitative estimate of drug-likeness (QED) is 0.833. The number of amides is 2. The van der Waals surface area contributed by atoms with Crippen molar-refractivity contribution in [2.24, 2.45) is 0 Å². The van der Waals surface area contributed by atoms with E-state index in [1.54, 1.807) is 26.0 Å². The summed E-state index contributed by atoms with van der Waals surface area (Å²) in [5.41, 5.74) is 3.22. The lowest BCUT2D eigenvalue weighted by atomic mass is 10.1. The third-order valence-electron chi connectivity index (χ3n) is 3.86. The van der Waals surface area contributed by atoms with Gasteiger partial charge in [0.2, 0.25) is 5.91 Å². The van der Waals surface area contributed by atoms with Crippen LogP contribution < -0.4 is 15.4 Å². The number of benzene rings is 2. The molecule has 0 aliphatic carbocycles. The number of nitrogens with one attached hydrogen (secondary N) is 2. The molecule has 1 unspecified atom stereocenters. The predicted octanol–water partition coefficient (Wildman–Crippen LogP) is 4.06. The Morgan fingerprint density at radius 1 is 1.04 bits per heavy atom. The molecule has 0 aliphatic rings. The molecule has 2 amide bonds. The number of ether oxygens (including phenoxy) is 1. The predicted molar refractivity (Wildman–Crippen MR) is 100.0 cm³/mol. The number of carbonyl (C=O) groups is 2. The molecule has 0 saturated heterocycles. The Labute approximate surface area is 148 Å². The fourth-order valence-corrected chi connectivity index (χ4v) is 2.33. The smallest absolute Gasteiger partial charge is 0.265 e. The standard InChI is InChI=1S/C20H24N2O3/c1-5-19(23)21-17-10-7-11-18(14(17)3)22-20(24)15(4)25-16-9-6-8-13(2)12-16/h6-12,15H,5H2,1-4H3,(H,21,23)(H,22,24). The lowest BCUT2D eigenvalue weighted by Gasteiger charge is -2.17. The van der Waals surface area contributed by atoms with Gasteiger partial charge in [-0.2, -0.15) is 0 Å². The molecule has 0 radical (unpaired) electrons. The normalized spacial score (nSPS) is 11.5. The number of hydrogen-bond acceptors (Lipinski definition) is 3. The van der Waals surface area contributed by atoms with E-state index in [9.17, 15) is 9.59 Å². The minimum Gasteiger partial charge on any atom is -0.481 e. The van der Waals surface area contributed by atoms with Crippen molar-refractivity contribution in [1.29, 1.82) is 0 Å². The first kappa shape index (κ1) is 18.5. The highest BCUT2D eigenvalue weighted by molar-refractivity contribution is 5.97. The molecule has 0 aromatic heterocycles. The molecule has 2 N–H and O–H groups in total. The zero-order chi connectivity index (χ0) is 18.4. The Bertz CT molecular complexity index is 771. The molecule has 25 heavy (non-hydrogen) atoms. The Balaban J connectivity index is 2.06. The van der Waals surface area contributed by atoms with Crippen LogP contribution >= 0.6 is 0 Å². The van der Waals surface area contributed by atoms with E-state index in [4.69, 9.17) is 4.74 Å². The minimum atomic E-state index is -0.643. The summed E-state index contributed by atoms with van der Waals surface area (Å²) >= 11 is 0. The van der Waals surface area contributed by atoms with Crippen molar-refractivity contribution in [2.75, 3.05) is 10.6 Å². The second-order valence-electron chi connectivity index (χ2n) is 5.95. The number of hydrogen-bond donors (Lipinski definition) is 2. The van der Waals surface area contributed by atoms with Gasteiger partial charge in [0.25, 0.3) is 5.91 Å². The average molecular weight is 340 g/mol. The topological polar surface area (TPSA) is 67.4 Å². The highest BCUT2D eigenvalue weighted by atomic mass is 16.5. The van der Waals surface area contributed by atoms with Crippen LogP contribution in [0, 0.1) is 13.8 Å². The van der Waals surface area contributed by atoms with E-state index >= 15 is 0 Å². The highest BCUT2D eigenvalue weighted by Gasteiger charge is 2.16. The van der Waals surface area contributed by atoms with E-state index in [0.29, 0.717) is 23.5 Å². The molecule has 2 aromatic rings. The van der Waals surface area contributed by atoms with Crippen molar-refractivity contribution in [1.82, 2.24) is 0 Å². The van der Waals surface area contributed by atoms with Gasteiger partial charge in [-0.1, -0.05) is 25.1 Å². The van der Waals surface area contributed by atoms with E-state index in [1.165, 1.54) is 0 Å². The van der Waals surface area contributed by atoms with Crippen molar-refractivity contribution >= 4 is 23.2 Å². The van der Waals surface area contributed by atoms with Gasteiger partial charge in [0.05, 0.1) is 0 Å². The fourth-order valence-electron chi connectivity index (χ4n) is 2.33. The first-order valence-corrected chi connectivity index (χ1v) is 8.34. The summed E-state index contributed by atoms with van der Waals surface area (Å²) in [4.78, 5) is 24.0. The van der Waals surface area contributed by atoms with E-state index in [0.717, 1.165) is 11.1 Å². The Kier molecular flexibility index (Phi) is 6.17. The first-order valence-electron chi connectivity index (χ1n) is 8.34. The van der Waals surface area contributed by atoms with Gasteiger partial charge in [-0.05, 0) is 56.2 Å². The minimum absolute atomic E-state index is 0.0669. The summed E-state index contributed by atoms with van der Waals surface area (Å²) in [7, 11) is 0. The van der Waals surface area contributed by atoms with E-state index < -0.39 is 6.10 Å². The molecule has 2 aromatic carbocycles. The number of anilines is 2. The van der Waals surface area contributed by atoms with Crippen molar-refractivity contribution < 1.29 is 14.3 Å². The van der Waals surface area contributed by atoms with Gasteiger partial charge in [-0.25, -0.2) is 0 Å². The monoisotopic (exact) mass is 340 g/mol. The lowest BCUT2D eigenvalue weighted by molar-refractivity contribution is -0.122. The summed E-state index contributed by atoms with van der Waals surface area (Å²) in [5.74, 6) is 0.342. The number of carbonyl (C=O) groups excluding carboxylic acids is 2. The van der Waals surface area contributed by atoms with Gasteiger partial charge in [0.15, 0.2) is 6.10 Å². The first-order chi connectivity index (χ1) is 11.9. The molecule has 0 aliphatic heterocycles. The van der Waals surface area contributed by atoms with Crippen molar-refractivity contribution in [2.45, 2.75) is 40.2 Å². The molecule has 0 bridgehead atoms. The summed E-state index contributed by atoms with van der Waals surface area (Å²) in [6.07, 6.45) is -0.243. The molecule has 132 valence electrons. The van der Waals surface area contributed by atoms with Crippen LogP contribution in [0.1, 0.15) is 31.4 Å². The maximum absolute atomic E-state index is 12.4. The van der Waals surface area contributed by atoms with Crippen LogP contribution in [0.15, 0.2) is 42.5 Å². The Morgan fingerprint density at radius 3 is 2.32 bits per heavy atom. The molecule has 5 nitrogen and oxygen atoms in total. The zero-order valence-corrected chi connectivity index (χ0v) is 15.1. The molecule has 0 heterocycles. The van der Waals surface area contributed by atoms with E-state index in [-0.39, 0.29) is 11.8 Å². The molecule has 5 heteroatoms. The van der Waals surface area contributed by atoms with Crippen molar-refractivity contribution in [3.05, 3.63) is 53.6 Å². The van der Waals surface area contributed by atoms with Gasteiger partial charge in [0, 0.05) is 17.8 Å². The van der Waals surface area contributed by atoms with Crippen molar-refractivity contribution in [3.63, 3.8) is 0 Å². The van der Waals surface area contributed by atoms with Crippen LogP contribution in [0.2, 0.25) is 0 Å². The molecule has 0 spiro atoms. The van der Waals surface area contributed by atoms with Crippen LogP contribution in [0.25, 0.3) is 0 Å². The second-order valence-corrected chi connectivity index (χ2v) is 5.95. The van der Waals surface area contributed by atoms with Crippen LogP contribution in [0.4, 0.5) is 11.4 Å². The zero-order valence-electron chi connectivity index (χ0n) is 15.1. The summed E-state index contributed by atoms with van der Waals surface area (Å²) in [5, 5.41) is 5.69. The largest absolute Gasteiger partial charge is 0.481 e. The van der Waals surface area contributed by atoms with Gasteiger partial charge in [-0.15, -0.1) is 0 Å². The molecular weight excluding hydrogens is 316 g/mol. The molecule has 1 atom stereocenters. The van der Waals surface area contributed by atoms with Crippen LogP contribution in [-0.2, 0) is 9.59 Å². The molecular formula is C20H24N2O3. The maximum Gasteiger partial charge on any atom is 0.265 e. The summed E-state index contributed by atoms with van der Waals surface area (Å²) in [6, 6.07) is 13.0. The van der Waals surface area contributed by atoms with Crippen LogP contribution in [0.5, 0.6) is 5.75 Å². The molecule has 0 fully saturated rings. The lowest BCUT2D eigenvalue weighted by Crippen LogP contribution is -2.30. The van der Waals surface area contributed by atoms with Crippen LogP contribution in [0.3, 0.4) is 0 Å². The Hall–Kier alpha value is -2.82. The number of rotatable bonds is 6. The number of aryl methyl sites for hydroxylation is 1. The van der Waals surface area contributed by atoms with Gasteiger partial charge in [0.1, 0.15) is 5.75 Å². The van der Waals surface area contributed by atoms with Crippen LogP contribution in [-0.4, -0.2) is 17.9 Å². The highest BCUT2D eigenvalue weighted by Crippen LogP contribution is 2.24. The molecule has 2 rings (SSSR count). The van der Waals surface area contributed by atoms with E-state index in [2.05, 4.69) is 10.6 Å². The third-order valence-corrected chi connectivity index (χ3v) is 3.86. The molecule has 0 saturated carbocycles. The van der Waals surface area contributed by atoms with E-state index in [1.807, 2.05) is 44.2 Å². The summed E-state index contributed by atoms with van der Waals surface area (Å²) in [6.45, 7) is 7.32. The third kappa shape index (κ3) is 5.08. The maximum atomic E-state index is 12.4. The van der Waals surface area contributed by atoms with Gasteiger partial charge >= 0.3 is 0 Å². The average Bonchev–Trinajstić information content (AvgIpc) is 2.58. The fraction of sp³-hybridized carbons (Fsp3) is 0.300. The summed E-state index contributed by atoms with van der Waals surface area (Å²) < 4.78 is 5.70. The Morgan fingerprint density at radius 2 is 1.68 bits per heavy atom.